The summed E-state index contributed by atoms with van der Waals surface area (Å²) in [5, 5.41) is 49.9. The molecule has 2 aromatic carbocycles. The SMILES string of the molecule is [2H]OCC1OC(C2C=C(C)C(=O)N(C(=O)c3ccc(OC)cc3)C2=O)CC1O.[2H]OCC1OC(C2C=C(C)C(=O)N(C(=O)c3ccc(OC)cc3)C2=O)CC1OCB(O)O.[2H]OCC1OC([3H])CC1O.[3H]C.[3H]C.[3H]C. The van der Waals surface area contributed by atoms with Crippen molar-refractivity contribution in [3.8, 4) is 11.5 Å². The summed E-state index contributed by atoms with van der Waals surface area (Å²) in [5.41, 5.74) is 0.768. The smallest absolute Gasteiger partial charge is 0.479 e. The molecule has 0 spiro atoms. The van der Waals surface area contributed by atoms with Gasteiger partial charge in [0.15, 0.2) is 0 Å². The topological polar surface area (TPSA) is 306 Å². The summed E-state index contributed by atoms with van der Waals surface area (Å²) in [5.74, 6) is -5.13. The molecule has 69 heavy (non-hydrogen) atoms. The zero-order valence-electron chi connectivity index (χ0n) is 46.5. The fraction of sp³-hybridized carbons (Fsp3) is 0.532. The molecule has 0 saturated carbocycles. The molecule has 0 radical (unpaired) electrons. The molecule has 0 aromatic heterocycles. The van der Waals surface area contributed by atoms with Crippen molar-refractivity contribution in [1.82, 2.24) is 9.80 Å². The number of rotatable bonds is 15. The first-order chi connectivity index (χ1) is 36.4. The third-order valence-corrected chi connectivity index (χ3v) is 11.3. The number of hydrogen-bond acceptors (Lipinski definition) is 19. The van der Waals surface area contributed by atoms with E-state index in [-0.39, 0.29) is 61.4 Å². The molecule has 2 aromatic rings. The highest BCUT2D eigenvalue weighted by Crippen LogP contribution is 2.34. The third-order valence-electron chi connectivity index (χ3n) is 11.3. The molecule has 11 atom stereocenters. The number of carbonyl (C=O) groups excluding carboxylic acids is 6. The molecule has 0 aliphatic carbocycles. The number of benzene rings is 2. The average Bonchev–Trinajstić information content (AvgIpc) is 4.11. The summed E-state index contributed by atoms with van der Waals surface area (Å²) >= 11 is 0. The van der Waals surface area contributed by atoms with Gasteiger partial charge in [-0.3, -0.25) is 28.8 Å². The predicted octanol–water partition coefficient (Wildman–Crippen LogP) is 0.628. The number of nitrogens with zero attached hydrogens (tertiary/aromatic N) is 2. The zero-order chi connectivity index (χ0) is 57.4. The Kier molecular flexibility index (Phi) is 19.3. The molecule has 7 rings (SSSR count). The summed E-state index contributed by atoms with van der Waals surface area (Å²) < 4.78 is 76.4. The Bertz CT molecular complexity index is 2240. The first-order valence-electron chi connectivity index (χ1n) is 25.6. The Labute approximate surface area is 412 Å². The van der Waals surface area contributed by atoms with Gasteiger partial charge in [0.25, 0.3) is 23.6 Å². The Morgan fingerprint density at radius 1 is 0.725 bits per heavy atom. The van der Waals surface area contributed by atoms with Gasteiger partial charge in [0.1, 0.15) is 29.8 Å². The zero-order valence-corrected chi connectivity index (χ0v) is 39.5. The van der Waals surface area contributed by atoms with Crippen LogP contribution in [0.1, 0.15) is 81.5 Å². The number of ether oxygens (including phenoxy) is 6. The molecule has 5 aliphatic heterocycles. The van der Waals surface area contributed by atoms with E-state index in [0.717, 1.165) is 0 Å². The van der Waals surface area contributed by atoms with E-state index in [1.807, 2.05) is 0 Å². The van der Waals surface area contributed by atoms with E-state index in [2.05, 4.69) is 15.3 Å². The molecule has 6 amide bonds. The summed E-state index contributed by atoms with van der Waals surface area (Å²) in [4.78, 5) is 78.4. The lowest BCUT2D eigenvalue weighted by molar-refractivity contribution is -0.147. The van der Waals surface area contributed by atoms with Crippen LogP contribution in [-0.4, -0.2) is 188 Å². The molecular weight excluding hydrogens is 907 g/mol. The lowest BCUT2D eigenvalue weighted by atomic mass is 9.90. The van der Waals surface area contributed by atoms with Crippen LogP contribution >= 0.6 is 0 Å². The summed E-state index contributed by atoms with van der Waals surface area (Å²) in [7, 11) is 5.02. The standard InChI is InChI=1S/C20H24BNO9.C19H21NO7.C5H10O3.3CH4/c1-11-7-14(15-8-16(17(9-23)31-15)30-10-21(27)28)20(26)22(18(11)24)19(25)12-3-5-13(29-2)6-4-12;1-10-7-13(15-8-14(22)16(9-21)27-15)19(25)20(17(10)23)18(24)11-3-5-12(26-2)6-4-11;6-3-5-4(7)1-2-8-5;;;/h3-7,14-17,23,27-28H,8-10H2,1-2H3;3-7,13-16,21-22H,8-9H2,1-2H3;4-7H,1-3H2;3*1H4/i23D;21D;2T,6D;3*1T. The molecule has 21 nitrogen and oxygen atoms in total. The predicted molar refractivity (Wildman–Crippen MR) is 247 cm³/mol. The van der Waals surface area contributed by atoms with Crippen LogP contribution in [0.2, 0.25) is 0 Å². The van der Waals surface area contributed by atoms with Crippen molar-refractivity contribution >= 4 is 42.6 Å². The highest BCUT2D eigenvalue weighted by molar-refractivity contribution is 6.40. The lowest BCUT2D eigenvalue weighted by Gasteiger charge is -2.30. The highest BCUT2D eigenvalue weighted by Gasteiger charge is 2.48. The van der Waals surface area contributed by atoms with Crippen LogP contribution in [0.3, 0.4) is 0 Å². The minimum absolute atomic E-state index is 0.0382. The van der Waals surface area contributed by atoms with Crippen LogP contribution in [0.5, 0.6) is 11.5 Å². The molecule has 5 aliphatic rings. The van der Waals surface area contributed by atoms with Gasteiger partial charge in [-0.15, -0.1) is 0 Å². The first-order valence-corrected chi connectivity index (χ1v) is 20.8. The number of hydrogen-bond donors (Lipinski definition) is 7. The van der Waals surface area contributed by atoms with Crippen LogP contribution < -0.4 is 9.47 Å². The molecule has 22 heteroatoms. The minimum Gasteiger partial charge on any atom is -0.497 e. The van der Waals surface area contributed by atoms with Gasteiger partial charge in [0.2, 0.25) is 16.1 Å². The largest absolute Gasteiger partial charge is 0.497 e. The normalized spacial score (nSPS) is 29.4. The van der Waals surface area contributed by atoms with Crippen LogP contribution in [0, 0.1) is 11.8 Å². The van der Waals surface area contributed by atoms with Gasteiger partial charge in [-0.2, -0.15) is 0 Å². The van der Waals surface area contributed by atoms with E-state index in [4.69, 9.17) is 53.4 Å². The fourth-order valence-corrected chi connectivity index (χ4v) is 7.64. The van der Waals surface area contributed by atoms with Crippen LogP contribution in [0.25, 0.3) is 0 Å². The van der Waals surface area contributed by atoms with E-state index >= 15 is 0 Å². The second-order valence-corrected chi connectivity index (χ2v) is 15.7. The van der Waals surface area contributed by atoms with E-state index in [1.165, 1.54) is 86.7 Å². The molecule has 3 fully saturated rings. The monoisotopic (exact) mass is 985 g/mol. The molecule has 11 unspecified atom stereocenters. The van der Waals surface area contributed by atoms with Gasteiger partial charge in [-0.25, -0.2) is 9.80 Å². The Morgan fingerprint density at radius 3 is 1.58 bits per heavy atom. The van der Waals surface area contributed by atoms with E-state index in [1.54, 1.807) is 24.3 Å². The van der Waals surface area contributed by atoms with Crippen molar-refractivity contribution in [2.24, 2.45) is 11.8 Å². The second kappa shape index (κ2) is 27.2. The maximum Gasteiger partial charge on any atom is 0.479 e. The van der Waals surface area contributed by atoms with Gasteiger partial charge >= 0.3 is 7.12 Å². The Hall–Kier alpha value is -5.24. The fourth-order valence-electron chi connectivity index (χ4n) is 7.64. The number of aliphatic hydroxyl groups excluding tert-OH is 5. The summed E-state index contributed by atoms with van der Waals surface area (Å²) in [6.07, 6.45) is -2.15. The van der Waals surface area contributed by atoms with Gasteiger partial charge in [0.05, 0.1) is 84.3 Å². The summed E-state index contributed by atoms with van der Waals surface area (Å²) in [6.45, 7) is 1.71. The van der Waals surface area contributed by atoms with Crippen LogP contribution in [0.15, 0.2) is 71.8 Å². The van der Waals surface area contributed by atoms with E-state index in [0.29, 0.717) is 27.7 Å². The minimum atomic E-state index is -1.69. The Morgan fingerprint density at radius 2 is 1.16 bits per heavy atom. The van der Waals surface area contributed by atoms with E-state index in [9.17, 15) is 33.9 Å². The van der Waals surface area contributed by atoms with Crippen molar-refractivity contribution in [2.45, 2.75) is 104 Å². The van der Waals surface area contributed by atoms with Crippen molar-refractivity contribution in [3.05, 3.63) is 83.0 Å². The molecule has 7 N–H and O–H groups in total. The highest BCUT2D eigenvalue weighted by atomic mass is 16.6. The van der Waals surface area contributed by atoms with Crippen molar-refractivity contribution in [3.63, 3.8) is 0 Å². The molecular formula is C47H67BN2O19. The molecule has 5 heterocycles. The molecule has 0 bridgehead atoms. The quantitative estimate of drug-likeness (QED) is 0.0951. The molecule has 382 valence electrons. The van der Waals surface area contributed by atoms with Crippen LogP contribution in [-0.2, 0) is 38.1 Å². The van der Waals surface area contributed by atoms with Crippen molar-refractivity contribution in [2.75, 3.05) is 47.1 Å². The number of imide groups is 6. The molecule has 3 saturated heterocycles. The van der Waals surface area contributed by atoms with Gasteiger partial charge in [-0.05, 0) is 68.8 Å². The van der Waals surface area contributed by atoms with Gasteiger partial charge in [-0.1, -0.05) is 34.4 Å². The van der Waals surface area contributed by atoms with Crippen molar-refractivity contribution in [1.29, 1.82) is 4.29 Å². The number of carbonyl (C=O) groups is 6. The maximum atomic E-state index is 13.2. The lowest BCUT2D eigenvalue weighted by Crippen LogP contribution is -2.50. The Balaban J connectivity index is 0.000000408. The maximum absolute atomic E-state index is 13.2. The van der Waals surface area contributed by atoms with Crippen molar-refractivity contribution < 1.29 is 98.3 Å². The first kappa shape index (κ1) is 48.8. The average molecular weight is 986 g/mol. The third kappa shape index (κ3) is 14.2. The number of aliphatic hydroxyl groups is 5. The van der Waals surface area contributed by atoms with E-state index < -0.39 is 110 Å². The summed E-state index contributed by atoms with van der Waals surface area (Å²) in [6, 6.07) is 12.1. The van der Waals surface area contributed by atoms with Gasteiger partial charge in [0, 0.05) is 45.8 Å². The van der Waals surface area contributed by atoms with Gasteiger partial charge < -0.3 is 64.0 Å². The number of amides is 6. The van der Waals surface area contributed by atoms with Crippen LogP contribution in [0.4, 0.5) is 0 Å². The second-order valence-electron chi connectivity index (χ2n) is 15.7. The number of methoxy groups -OCH3 is 2.